The molecule has 0 saturated heterocycles. The third kappa shape index (κ3) is 3.55. The summed E-state index contributed by atoms with van der Waals surface area (Å²) in [5.41, 5.74) is 9.62. The predicted molar refractivity (Wildman–Crippen MR) is 92.2 cm³/mol. The average molecular weight is 400 g/mol. The molecule has 0 bridgehead atoms. The normalized spacial score (nSPS) is 10.3. The van der Waals surface area contributed by atoms with Gasteiger partial charge < -0.3 is 11.1 Å². The van der Waals surface area contributed by atoms with E-state index in [9.17, 15) is 0 Å². The summed E-state index contributed by atoms with van der Waals surface area (Å²) >= 11 is 12.0. The second kappa shape index (κ2) is 6.03. The maximum Gasteiger partial charge on any atom is 0.104 e. The topological polar surface area (TPSA) is 38.0 Å². The largest absolute Gasteiger partial charge is 0.389 e. The molecule has 3 N–H and O–H groups in total. The van der Waals surface area contributed by atoms with Gasteiger partial charge >= 0.3 is 0 Å². The summed E-state index contributed by atoms with van der Waals surface area (Å²) in [6, 6.07) is 11.9. The van der Waals surface area contributed by atoms with Crippen molar-refractivity contribution in [1.29, 1.82) is 0 Å². The molecule has 0 fully saturated rings. The van der Waals surface area contributed by atoms with Gasteiger partial charge in [-0.3, -0.25) is 0 Å². The van der Waals surface area contributed by atoms with Crippen molar-refractivity contribution in [1.82, 2.24) is 0 Å². The summed E-state index contributed by atoms with van der Waals surface area (Å²) in [5.74, 6) is 0. The molecule has 19 heavy (non-hydrogen) atoms. The van der Waals surface area contributed by atoms with Gasteiger partial charge in [0.05, 0.1) is 5.69 Å². The minimum Gasteiger partial charge on any atom is -0.389 e. The van der Waals surface area contributed by atoms with E-state index in [1.807, 2.05) is 43.3 Å². The third-order valence-corrected chi connectivity index (χ3v) is 4.10. The van der Waals surface area contributed by atoms with Gasteiger partial charge in [-0.1, -0.05) is 28.1 Å². The highest BCUT2D eigenvalue weighted by molar-refractivity contribution is 9.11. The van der Waals surface area contributed by atoms with Gasteiger partial charge in [0.25, 0.3) is 0 Å². The Kier molecular flexibility index (Phi) is 4.60. The maximum atomic E-state index is 5.66. The van der Waals surface area contributed by atoms with E-state index >= 15 is 0 Å². The molecule has 0 aliphatic rings. The van der Waals surface area contributed by atoms with Gasteiger partial charge in [-0.05, 0) is 64.8 Å². The summed E-state index contributed by atoms with van der Waals surface area (Å²) in [5, 5.41) is 3.36. The van der Waals surface area contributed by atoms with Gasteiger partial charge in [0.2, 0.25) is 0 Å². The summed E-state index contributed by atoms with van der Waals surface area (Å²) in [7, 11) is 0. The average Bonchev–Trinajstić information content (AvgIpc) is 2.33. The lowest BCUT2D eigenvalue weighted by molar-refractivity contribution is 1.41. The number of hydrogen-bond donors (Lipinski definition) is 2. The molecule has 0 aliphatic heterocycles. The van der Waals surface area contributed by atoms with Crippen LogP contribution in [0.25, 0.3) is 0 Å². The molecule has 0 aliphatic carbocycles. The van der Waals surface area contributed by atoms with Crippen molar-refractivity contribution >= 4 is 60.4 Å². The Morgan fingerprint density at radius 1 is 1.16 bits per heavy atom. The molecule has 0 amide bonds. The Labute approximate surface area is 134 Å². The Bertz CT molecular complexity index is 641. The second-order valence-corrected chi connectivity index (χ2v) is 6.35. The molecule has 0 spiro atoms. The number of rotatable bonds is 3. The zero-order chi connectivity index (χ0) is 14.0. The monoisotopic (exact) mass is 398 g/mol. The van der Waals surface area contributed by atoms with Crippen molar-refractivity contribution in [2.24, 2.45) is 5.73 Å². The minimum absolute atomic E-state index is 0.424. The van der Waals surface area contributed by atoms with E-state index < -0.39 is 0 Å². The quantitative estimate of drug-likeness (QED) is 0.721. The fourth-order valence-corrected chi connectivity index (χ4v) is 2.70. The summed E-state index contributed by atoms with van der Waals surface area (Å²) in [4.78, 5) is 0.424. The van der Waals surface area contributed by atoms with E-state index in [1.54, 1.807) is 0 Å². The van der Waals surface area contributed by atoms with E-state index in [0.29, 0.717) is 4.99 Å². The van der Waals surface area contributed by atoms with Crippen LogP contribution in [0.1, 0.15) is 11.1 Å². The lowest BCUT2D eigenvalue weighted by Crippen LogP contribution is -2.11. The molecular weight excluding hydrogens is 388 g/mol. The van der Waals surface area contributed by atoms with Crippen molar-refractivity contribution < 1.29 is 0 Å². The molecule has 2 aromatic rings. The highest BCUT2D eigenvalue weighted by Crippen LogP contribution is 2.29. The molecule has 98 valence electrons. The van der Waals surface area contributed by atoms with Crippen LogP contribution in [0, 0.1) is 6.92 Å². The van der Waals surface area contributed by atoms with Crippen LogP contribution in [0.5, 0.6) is 0 Å². The van der Waals surface area contributed by atoms with E-state index in [2.05, 4.69) is 37.2 Å². The zero-order valence-corrected chi connectivity index (χ0v) is 14.2. The van der Waals surface area contributed by atoms with E-state index in [0.717, 1.165) is 31.4 Å². The van der Waals surface area contributed by atoms with Crippen molar-refractivity contribution in [3.8, 4) is 0 Å². The van der Waals surface area contributed by atoms with Crippen molar-refractivity contribution in [3.63, 3.8) is 0 Å². The fraction of sp³-hybridized carbons (Fsp3) is 0.0714. The zero-order valence-electron chi connectivity index (χ0n) is 10.2. The molecule has 0 atom stereocenters. The maximum absolute atomic E-state index is 5.66. The first-order chi connectivity index (χ1) is 8.97. The number of halogens is 2. The number of anilines is 2. The number of aryl methyl sites for hydroxylation is 1. The predicted octanol–water partition coefficient (Wildman–Crippen LogP) is 4.90. The first-order valence-electron chi connectivity index (χ1n) is 5.60. The summed E-state index contributed by atoms with van der Waals surface area (Å²) < 4.78 is 2.03. The van der Waals surface area contributed by atoms with Gasteiger partial charge in [-0.15, -0.1) is 0 Å². The Morgan fingerprint density at radius 2 is 1.89 bits per heavy atom. The number of benzene rings is 2. The smallest absolute Gasteiger partial charge is 0.104 e. The van der Waals surface area contributed by atoms with Crippen LogP contribution in [0.3, 0.4) is 0 Å². The number of hydrogen-bond acceptors (Lipinski definition) is 2. The highest BCUT2D eigenvalue weighted by atomic mass is 79.9. The standard InChI is InChI=1S/C14H12Br2N2S/c1-8-6-10(3-4-11(8)14(17)19)18-13-7-9(15)2-5-12(13)16/h2-7,18H,1H3,(H2,17,19). The van der Waals surface area contributed by atoms with Crippen molar-refractivity contribution in [2.75, 3.05) is 5.32 Å². The molecular formula is C14H12Br2N2S. The van der Waals surface area contributed by atoms with Crippen molar-refractivity contribution in [3.05, 3.63) is 56.5 Å². The van der Waals surface area contributed by atoms with Gasteiger partial charge in [0.15, 0.2) is 0 Å². The molecule has 0 radical (unpaired) electrons. The fourth-order valence-electron chi connectivity index (χ4n) is 1.77. The number of nitrogens with two attached hydrogens (primary N) is 1. The Morgan fingerprint density at radius 3 is 2.53 bits per heavy atom. The highest BCUT2D eigenvalue weighted by Gasteiger charge is 2.05. The molecule has 0 aromatic heterocycles. The minimum atomic E-state index is 0.424. The van der Waals surface area contributed by atoms with E-state index in [4.69, 9.17) is 18.0 Å². The molecule has 2 nitrogen and oxygen atoms in total. The van der Waals surface area contributed by atoms with Gasteiger partial charge in [0, 0.05) is 20.2 Å². The Balaban J connectivity index is 2.31. The SMILES string of the molecule is Cc1cc(Nc2cc(Br)ccc2Br)ccc1C(N)=S. The van der Waals surface area contributed by atoms with Crippen LogP contribution < -0.4 is 11.1 Å². The van der Waals surface area contributed by atoms with Crippen LogP contribution in [-0.2, 0) is 0 Å². The summed E-state index contributed by atoms with van der Waals surface area (Å²) in [6.45, 7) is 2.00. The molecule has 0 heterocycles. The van der Waals surface area contributed by atoms with Gasteiger partial charge in [-0.2, -0.15) is 0 Å². The number of nitrogens with one attached hydrogen (secondary N) is 1. The van der Waals surface area contributed by atoms with E-state index in [-0.39, 0.29) is 0 Å². The third-order valence-electron chi connectivity index (χ3n) is 2.70. The lowest BCUT2D eigenvalue weighted by atomic mass is 10.1. The molecule has 5 heteroatoms. The molecule has 0 unspecified atom stereocenters. The Hall–Kier alpha value is -0.910. The molecule has 2 rings (SSSR count). The van der Waals surface area contributed by atoms with Gasteiger partial charge in [-0.25, -0.2) is 0 Å². The van der Waals surface area contributed by atoms with Crippen LogP contribution in [0.15, 0.2) is 45.3 Å². The second-order valence-electron chi connectivity index (χ2n) is 4.14. The van der Waals surface area contributed by atoms with Crippen LogP contribution in [-0.4, -0.2) is 4.99 Å². The first kappa shape index (κ1) is 14.5. The van der Waals surface area contributed by atoms with Crippen molar-refractivity contribution in [2.45, 2.75) is 6.92 Å². The van der Waals surface area contributed by atoms with E-state index in [1.165, 1.54) is 0 Å². The molecule has 0 saturated carbocycles. The van der Waals surface area contributed by atoms with Gasteiger partial charge in [0.1, 0.15) is 4.99 Å². The lowest BCUT2D eigenvalue weighted by Gasteiger charge is -2.11. The van der Waals surface area contributed by atoms with Crippen LogP contribution >= 0.6 is 44.1 Å². The van der Waals surface area contributed by atoms with Crippen LogP contribution in [0.4, 0.5) is 11.4 Å². The first-order valence-corrected chi connectivity index (χ1v) is 7.59. The summed E-state index contributed by atoms with van der Waals surface area (Å²) in [6.07, 6.45) is 0. The van der Waals surface area contributed by atoms with Crippen LogP contribution in [0.2, 0.25) is 0 Å². The number of thiocarbonyl (C=S) groups is 1. The molecule has 2 aromatic carbocycles.